The maximum Gasteiger partial charge on any atom is 0.118 e. The molecule has 2 rings (SSSR count). The van der Waals surface area contributed by atoms with Gasteiger partial charge in [-0.15, -0.1) is 0 Å². The van der Waals surface area contributed by atoms with E-state index in [1.807, 2.05) is 37.4 Å². The van der Waals surface area contributed by atoms with Gasteiger partial charge in [0.2, 0.25) is 0 Å². The van der Waals surface area contributed by atoms with E-state index < -0.39 is 0 Å². The van der Waals surface area contributed by atoms with Crippen LogP contribution in [0, 0.1) is 0 Å². The highest BCUT2D eigenvalue weighted by Gasteiger charge is 2.10. The number of hydrogen-bond donors (Lipinski definition) is 1. The maximum absolute atomic E-state index is 5.74. The monoisotopic (exact) mass is 287 g/mol. The van der Waals surface area contributed by atoms with Gasteiger partial charge in [0.15, 0.2) is 0 Å². The molecule has 104 valence electrons. The lowest BCUT2D eigenvalue weighted by Crippen LogP contribution is -2.21. The van der Waals surface area contributed by atoms with Gasteiger partial charge in [-0.2, -0.15) is 0 Å². The lowest BCUT2D eigenvalue weighted by molar-refractivity contribution is 0.414. The van der Waals surface area contributed by atoms with Crippen LogP contribution in [0.5, 0.6) is 5.75 Å². The van der Waals surface area contributed by atoms with Crippen molar-refractivity contribution < 1.29 is 4.74 Å². The number of methoxy groups -OCH3 is 1. The van der Waals surface area contributed by atoms with Crippen LogP contribution in [0.15, 0.2) is 42.7 Å². The number of thiocarbonyl (C=S) groups is 1. The Kier molecular flexibility index (Phi) is 4.53. The van der Waals surface area contributed by atoms with Gasteiger partial charge >= 0.3 is 0 Å². The van der Waals surface area contributed by atoms with Crippen LogP contribution in [-0.2, 0) is 6.54 Å². The molecule has 1 heterocycles. The zero-order chi connectivity index (χ0) is 14.5. The number of hydrogen-bond acceptors (Lipinski definition) is 4. The van der Waals surface area contributed by atoms with Crippen LogP contribution in [0.4, 0.5) is 5.69 Å². The van der Waals surface area contributed by atoms with Crippen molar-refractivity contribution in [2.24, 2.45) is 5.73 Å². The molecule has 2 N–H and O–H groups in total. The summed E-state index contributed by atoms with van der Waals surface area (Å²) in [6.45, 7) is 0.741. The van der Waals surface area contributed by atoms with Gasteiger partial charge in [0.1, 0.15) is 10.7 Å². The topological polar surface area (TPSA) is 51.4 Å². The summed E-state index contributed by atoms with van der Waals surface area (Å²) in [5, 5.41) is 0. The van der Waals surface area contributed by atoms with E-state index in [0.717, 1.165) is 23.5 Å². The molecule has 0 aliphatic carbocycles. The van der Waals surface area contributed by atoms with Crippen LogP contribution in [-0.4, -0.2) is 24.1 Å². The van der Waals surface area contributed by atoms with Gasteiger partial charge in [-0.3, -0.25) is 4.98 Å². The summed E-state index contributed by atoms with van der Waals surface area (Å²) in [7, 11) is 3.65. The summed E-state index contributed by atoms with van der Waals surface area (Å²) in [5.41, 5.74) is 8.68. The van der Waals surface area contributed by atoms with Crippen molar-refractivity contribution in [1.29, 1.82) is 0 Å². The van der Waals surface area contributed by atoms with Gasteiger partial charge < -0.3 is 15.4 Å². The highest BCUT2D eigenvalue weighted by Crippen LogP contribution is 2.20. The average molecular weight is 287 g/mol. The average Bonchev–Trinajstić information content (AvgIpc) is 2.48. The smallest absolute Gasteiger partial charge is 0.118 e. The molecule has 1 aromatic heterocycles. The minimum Gasteiger partial charge on any atom is -0.497 e. The van der Waals surface area contributed by atoms with Crippen LogP contribution in [0.3, 0.4) is 0 Å². The maximum atomic E-state index is 5.74. The van der Waals surface area contributed by atoms with E-state index in [-0.39, 0.29) is 0 Å². The number of ether oxygens (including phenoxy) is 1. The fourth-order valence-corrected chi connectivity index (χ4v) is 2.16. The molecule has 0 atom stereocenters. The second kappa shape index (κ2) is 6.34. The minimum atomic E-state index is 0.379. The first-order chi connectivity index (χ1) is 9.61. The Morgan fingerprint density at radius 2 is 2.00 bits per heavy atom. The summed E-state index contributed by atoms with van der Waals surface area (Å²) >= 11 is 5.07. The van der Waals surface area contributed by atoms with Gasteiger partial charge in [0, 0.05) is 25.4 Å². The van der Waals surface area contributed by atoms with Crippen molar-refractivity contribution in [2.75, 3.05) is 19.1 Å². The number of benzene rings is 1. The molecule has 1 aromatic carbocycles. The SMILES string of the molecule is COc1ccc(CN(C)c2cnccc2C(N)=S)cc1. The van der Waals surface area contributed by atoms with Crippen LogP contribution >= 0.6 is 12.2 Å². The quantitative estimate of drug-likeness (QED) is 0.856. The summed E-state index contributed by atoms with van der Waals surface area (Å²) in [6.07, 6.45) is 3.47. The van der Waals surface area contributed by atoms with Gasteiger partial charge in [-0.05, 0) is 23.8 Å². The highest BCUT2D eigenvalue weighted by molar-refractivity contribution is 7.80. The van der Waals surface area contributed by atoms with Gasteiger partial charge in [0.05, 0.1) is 19.0 Å². The van der Waals surface area contributed by atoms with E-state index in [2.05, 4.69) is 9.88 Å². The Balaban J connectivity index is 2.19. The van der Waals surface area contributed by atoms with Crippen molar-refractivity contribution in [2.45, 2.75) is 6.54 Å². The van der Waals surface area contributed by atoms with E-state index >= 15 is 0 Å². The van der Waals surface area contributed by atoms with Crippen molar-refractivity contribution in [3.8, 4) is 5.75 Å². The van der Waals surface area contributed by atoms with E-state index in [1.54, 1.807) is 19.5 Å². The first kappa shape index (κ1) is 14.3. The van der Waals surface area contributed by atoms with Gasteiger partial charge in [0.25, 0.3) is 0 Å². The predicted molar refractivity (Wildman–Crippen MR) is 85.2 cm³/mol. The van der Waals surface area contributed by atoms with Crippen molar-refractivity contribution in [1.82, 2.24) is 4.98 Å². The highest BCUT2D eigenvalue weighted by atomic mass is 32.1. The molecular weight excluding hydrogens is 270 g/mol. The lowest BCUT2D eigenvalue weighted by atomic mass is 10.1. The molecule has 0 saturated heterocycles. The number of rotatable bonds is 5. The fourth-order valence-electron chi connectivity index (χ4n) is 1.99. The van der Waals surface area contributed by atoms with Crippen LogP contribution < -0.4 is 15.4 Å². The Morgan fingerprint density at radius 1 is 1.30 bits per heavy atom. The molecule has 0 bridgehead atoms. The largest absolute Gasteiger partial charge is 0.497 e. The molecular formula is C15H17N3OS. The second-order valence-electron chi connectivity index (χ2n) is 4.46. The molecule has 0 amide bonds. The Morgan fingerprint density at radius 3 is 2.60 bits per heavy atom. The number of anilines is 1. The molecule has 2 aromatic rings. The Hall–Kier alpha value is -2.14. The lowest BCUT2D eigenvalue weighted by Gasteiger charge is -2.21. The van der Waals surface area contributed by atoms with E-state index in [0.29, 0.717) is 4.99 Å². The number of nitrogens with zero attached hydrogens (tertiary/aromatic N) is 2. The molecule has 20 heavy (non-hydrogen) atoms. The summed E-state index contributed by atoms with van der Waals surface area (Å²) in [6, 6.07) is 9.79. The zero-order valence-electron chi connectivity index (χ0n) is 11.5. The molecule has 0 fully saturated rings. The first-order valence-corrected chi connectivity index (χ1v) is 6.60. The molecule has 0 spiro atoms. The van der Waals surface area contributed by atoms with Crippen LogP contribution in [0.25, 0.3) is 0 Å². The molecule has 4 nitrogen and oxygen atoms in total. The third-order valence-corrected chi connectivity index (χ3v) is 3.28. The first-order valence-electron chi connectivity index (χ1n) is 6.19. The van der Waals surface area contributed by atoms with Crippen molar-refractivity contribution >= 4 is 22.9 Å². The second-order valence-corrected chi connectivity index (χ2v) is 4.90. The van der Waals surface area contributed by atoms with Gasteiger partial charge in [-0.1, -0.05) is 24.4 Å². The molecule has 0 saturated carbocycles. The van der Waals surface area contributed by atoms with E-state index in [9.17, 15) is 0 Å². The number of nitrogens with two attached hydrogens (primary N) is 1. The van der Waals surface area contributed by atoms with Crippen LogP contribution in [0.1, 0.15) is 11.1 Å². The molecule has 0 radical (unpaired) electrons. The minimum absolute atomic E-state index is 0.379. The van der Waals surface area contributed by atoms with Gasteiger partial charge in [-0.25, -0.2) is 0 Å². The Bertz CT molecular complexity index is 598. The third-order valence-electron chi connectivity index (χ3n) is 3.06. The van der Waals surface area contributed by atoms with E-state index in [4.69, 9.17) is 22.7 Å². The fraction of sp³-hybridized carbons (Fsp3) is 0.200. The van der Waals surface area contributed by atoms with Crippen molar-refractivity contribution in [3.63, 3.8) is 0 Å². The molecule has 0 unspecified atom stereocenters. The number of aromatic nitrogens is 1. The zero-order valence-corrected chi connectivity index (χ0v) is 12.4. The normalized spacial score (nSPS) is 10.1. The third kappa shape index (κ3) is 3.24. The summed E-state index contributed by atoms with van der Waals surface area (Å²) in [5.74, 6) is 0.849. The molecule has 5 heteroatoms. The number of pyridine rings is 1. The standard InChI is InChI=1S/C15H17N3OS/c1-18(10-11-3-5-12(19-2)6-4-11)14-9-17-8-7-13(14)15(16)20/h3-9H,10H2,1-2H3,(H2,16,20). The Labute approximate surface area is 124 Å². The van der Waals surface area contributed by atoms with Crippen molar-refractivity contribution in [3.05, 3.63) is 53.9 Å². The predicted octanol–water partition coefficient (Wildman–Crippen LogP) is 2.36. The summed E-state index contributed by atoms with van der Waals surface area (Å²) in [4.78, 5) is 6.59. The molecule has 0 aliphatic rings. The van der Waals surface area contributed by atoms with E-state index in [1.165, 1.54) is 5.56 Å². The van der Waals surface area contributed by atoms with Crippen LogP contribution in [0.2, 0.25) is 0 Å². The summed E-state index contributed by atoms with van der Waals surface area (Å²) < 4.78 is 5.15. The molecule has 0 aliphatic heterocycles.